The van der Waals surface area contributed by atoms with Crippen molar-refractivity contribution in [2.75, 3.05) is 39.2 Å². The largest absolute Gasteiger partial charge is 0.308 e. The maximum atomic E-state index is 12.4. The van der Waals surface area contributed by atoms with Crippen molar-refractivity contribution in [1.29, 1.82) is 0 Å². The average Bonchev–Trinajstić information content (AvgIpc) is 2.84. The standard InChI is InChI=1S/C12H21N5O2S/c1-16-6-5-10(8-16)9-17(2)20(18,19)11-3-4-12(15-13)14-7-11/h3-4,7,10H,5-6,8-9,13H2,1-2H3,(H,14,15). The fourth-order valence-corrected chi connectivity index (χ4v) is 3.63. The summed E-state index contributed by atoms with van der Waals surface area (Å²) in [4.78, 5) is 6.34. The van der Waals surface area contributed by atoms with Crippen molar-refractivity contribution in [3.05, 3.63) is 18.3 Å². The van der Waals surface area contributed by atoms with Crippen LogP contribution in [0.4, 0.5) is 5.82 Å². The van der Waals surface area contributed by atoms with Crippen LogP contribution in [0.15, 0.2) is 23.2 Å². The lowest BCUT2D eigenvalue weighted by Gasteiger charge is -2.20. The highest BCUT2D eigenvalue weighted by molar-refractivity contribution is 7.89. The molecule has 2 rings (SSSR count). The van der Waals surface area contributed by atoms with E-state index in [2.05, 4.69) is 22.4 Å². The molecule has 0 aliphatic carbocycles. The third kappa shape index (κ3) is 3.26. The molecular formula is C12H21N5O2S. The molecule has 1 atom stereocenters. The van der Waals surface area contributed by atoms with E-state index in [0.29, 0.717) is 18.3 Å². The Kier molecular flexibility index (Phi) is 4.59. The molecule has 1 aromatic heterocycles. The lowest BCUT2D eigenvalue weighted by molar-refractivity contribution is 0.356. The van der Waals surface area contributed by atoms with Crippen LogP contribution in [0.2, 0.25) is 0 Å². The van der Waals surface area contributed by atoms with Gasteiger partial charge in [0.05, 0.1) is 0 Å². The molecule has 3 N–H and O–H groups in total. The average molecular weight is 299 g/mol. The predicted octanol–water partition coefficient (Wildman–Crippen LogP) is -0.0606. The Morgan fingerprint density at radius 1 is 1.55 bits per heavy atom. The van der Waals surface area contributed by atoms with Gasteiger partial charge in [-0.25, -0.2) is 23.5 Å². The van der Waals surface area contributed by atoms with Crippen LogP contribution in [0, 0.1) is 5.92 Å². The van der Waals surface area contributed by atoms with Gasteiger partial charge in [-0.2, -0.15) is 0 Å². The normalized spacial score (nSPS) is 20.5. The first-order chi connectivity index (χ1) is 9.43. The molecule has 8 heteroatoms. The highest BCUT2D eigenvalue weighted by atomic mass is 32.2. The lowest BCUT2D eigenvalue weighted by Crippen LogP contribution is -2.33. The van der Waals surface area contributed by atoms with Crippen LogP contribution in [-0.2, 0) is 10.0 Å². The van der Waals surface area contributed by atoms with E-state index in [4.69, 9.17) is 5.84 Å². The summed E-state index contributed by atoms with van der Waals surface area (Å²) in [6.07, 6.45) is 2.35. The number of nitrogen functional groups attached to an aromatic ring is 1. The van der Waals surface area contributed by atoms with Crippen LogP contribution < -0.4 is 11.3 Å². The van der Waals surface area contributed by atoms with Gasteiger partial charge in [0.1, 0.15) is 10.7 Å². The molecule has 0 bridgehead atoms. The molecular weight excluding hydrogens is 278 g/mol. The second-order valence-electron chi connectivity index (χ2n) is 5.23. The maximum Gasteiger partial charge on any atom is 0.244 e. The summed E-state index contributed by atoms with van der Waals surface area (Å²) in [6.45, 7) is 2.49. The van der Waals surface area contributed by atoms with Crippen molar-refractivity contribution in [2.45, 2.75) is 11.3 Å². The van der Waals surface area contributed by atoms with Gasteiger partial charge in [-0.05, 0) is 38.1 Å². The Balaban J connectivity index is 2.08. The van der Waals surface area contributed by atoms with Crippen molar-refractivity contribution in [2.24, 2.45) is 11.8 Å². The summed E-state index contributed by atoms with van der Waals surface area (Å²) in [7, 11) is 0.181. The number of hydrogen-bond donors (Lipinski definition) is 2. The number of nitrogens with two attached hydrogens (primary N) is 1. The lowest BCUT2D eigenvalue weighted by atomic mass is 10.1. The maximum absolute atomic E-state index is 12.4. The van der Waals surface area contributed by atoms with Crippen molar-refractivity contribution >= 4 is 15.8 Å². The molecule has 112 valence electrons. The molecule has 7 nitrogen and oxygen atoms in total. The van der Waals surface area contributed by atoms with Crippen molar-refractivity contribution in [3.63, 3.8) is 0 Å². The van der Waals surface area contributed by atoms with Crippen molar-refractivity contribution < 1.29 is 8.42 Å². The molecule has 1 aliphatic rings. The van der Waals surface area contributed by atoms with Gasteiger partial charge in [0.25, 0.3) is 0 Å². The molecule has 0 spiro atoms. The van der Waals surface area contributed by atoms with Gasteiger partial charge < -0.3 is 10.3 Å². The molecule has 20 heavy (non-hydrogen) atoms. The van der Waals surface area contributed by atoms with Gasteiger partial charge in [0.2, 0.25) is 10.0 Å². The molecule has 0 amide bonds. The number of hydrazine groups is 1. The molecule has 1 fully saturated rings. The number of rotatable bonds is 5. The Labute approximate surface area is 119 Å². The van der Waals surface area contributed by atoms with E-state index in [9.17, 15) is 8.42 Å². The van der Waals surface area contributed by atoms with Gasteiger partial charge in [-0.15, -0.1) is 0 Å². The Morgan fingerprint density at radius 3 is 2.80 bits per heavy atom. The summed E-state index contributed by atoms with van der Waals surface area (Å²) in [5, 5.41) is 0. The predicted molar refractivity (Wildman–Crippen MR) is 77.5 cm³/mol. The number of aromatic nitrogens is 1. The molecule has 0 aromatic carbocycles. The third-order valence-corrected chi connectivity index (χ3v) is 5.40. The molecule has 0 radical (unpaired) electrons. The minimum atomic E-state index is -3.49. The van der Waals surface area contributed by atoms with Crippen LogP contribution >= 0.6 is 0 Å². The summed E-state index contributed by atoms with van der Waals surface area (Å²) in [5.41, 5.74) is 2.37. The first-order valence-electron chi connectivity index (χ1n) is 6.51. The van der Waals surface area contributed by atoms with E-state index in [-0.39, 0.29) is 4.90 Å². The minimum Gasteiger partial charge on any atom is -0.308 e. The summed E-state index contributed by atoms with van der Waals surface area (Å²) in [5.74, 6) is 6.03. The zero-order valence-electron chi connectivity index (χ0n) is 11.8. The first-order valence-corrected chi connectivity index (χ1v) is 7.95. The van der Waals surface area contributed by atoms with Gasteiger partial charge in [0, 0.05) is 26.3 Å². The number of nitrogens with one attached hydrogen (secondary N) is 1. The first kappa shape index (κ1) is 15.2. The fraction of sp³-hybridized carbons (Fsp3) is 0.583. The Morgan fingerprint density at radius 2 is 2.30 bits per heavy atom. The molecule has 1 aromatic rings. The van der Waals surface area contributed by atoms with Crippen LogP contribution in [0.1, 0.15) is 6.42 Å². The monoisotopic (exact) mass is 299 g/mol. The quantitative estimate of drug-likeness (QED) is 0.584. The molecule has 2 heterocycles. The van der Waals surface area contributed by atoms with E-state index in [1.165, 1.54) is 16.6 Å². The molecule has 1 aliphatic heterocycles. The van der Waals surface area contributed by atoms with Crippen LogP contribution in [0.3, 0.4) is 0 Å². The van der Waals surface area contributed by atoms with Crippen LogP contribution in [0.5, 0.6) is 0 Å². The van der Waals surface area contributed by atoms with Gasteiger partial charge in [0.15, 0.2) is 0 Å². The Hall–Kier alpha value is -1.22. The molecule has 1 unspecified atom stereocenters. The van der Waals surface area contributed by atoms with Crippen LogP contribution in [-0.4, -0.2) is 56.3 Å². The minimum absolute atomic E-state index is 0.186. The summed E-state index contributed by atoms with van der Waals surface area (Å²) >= 11 is 0. The number of sulfonamides is 1. The second kappa shape index (κ2) is 6.04. The van der Waals surface area contributed by atoms with E-state index < -0.39 is 10.0 Å². The highest BCUT2D eigenvalue weighted by Crippen LogP contribution is 2.20. The van der Waals surface area contributed by atoms with E-state index in [1.807, 2.05) is 0 Å². The highest BCUT2D eigenvalue weighted by Gasteiger charge is 2.27. The van der Waals surface area contributed by atoms with Gasteiger partial charge in [-0.3, -0.25) is 0 Å². The zero-order valence-corrected chi connectivity index (χ0v) is 12.6. The summed E-state index contributed by atoms with van der Waals surface area (Å²) < 4.78 is 26.2. The molecule has 1 saturated heterocycles. The Bertz CT molecular complexity index is 545. The number of anilines is 1. The SMILES string of the molecule is CN1CCC(CN(C)S(=O)(=O)c2ccc(NN)nc2)C1. The number of pyridine rings is 1. The van der Waals surface area contributed by atoms with Crippen molar-refractivity contribution in [3.8, 4) is 0 Å². The number of likely N-dealkylation sites (tertiary alicyclic amines) is 1. The third-order valence-electron chi connectivity index (χ3n) is 3.60. The topological polar surface area (TPSA) is 91.6 Å². The molecule has 0 saturated carbocycles. The zero-order chi connectivity index (χ0) is 14.8. The van der Waals surface area contributed by atoms with Crippen molar-refractivity contribution in [1.82, 2.24) is 14.2 Å². The fourth-order valence-electron chi connectivity index (χ4n) is 2.44. The number of nitrogens with zero attached hydrogens (tertiary/aromatic N) is 3. The van der Waals surface area contributed by atoms with Gasteiger partial charge in [-0.1, -0.05) is 0 Å². The van der Waals surface area contributed by atoms with E-state index in [0.717, 1.165) is 19.5 Å². The van der Waals surface area contributed by atoms with E-state index in [1.54, 1.807) is 13.1 Å². The number of hydrogen-bond acceptors (Lipinski definition) is 6. The second-order valence-corrected chi connectivity index (χ2v) is 7.27. The van der Waals surface area contributed by atoms with Gasteiger partial charge >= 0.3 is 0 Å². The smallest absolute Gasteiger partial charge is 0.244 e. The van der Waals surface area contributed by atoms with Crippen LogP contribution in [0.25, 0.3) is 0 Å². The van der Waals surface area contributed by atoms with E-state index >= 15 is 0 Å². The summed E-state index contributed by atoms with van der Waals surface area (Å²) in [6, 6.07) is 3.05.